The van der Waals surface area contributed by atoms with Gasteiger partial charge in [0.25, 0.3) is 0 Å². The quantitative estimate of drug-likeness (QED) is 0.364. The summed E-state index contributed by atoms with van der Waals surface area (Å²) in [5, 5.41) is 15.6. The molecule has 0 atom stereocenters. The molecule has 8 nitrogen and oxygen atoms in total. The third-order valence-corrected chi connectivity index (χ3v) is 5.85. The van der Waals surface area contributed by atoms with Crippen LogP contribution in [0.15, 0.2) is 67.0 Å². The number of hydrogen-bond acceptors (Lipinski definition) is 5. The van der Waals surface area contributed by atoms with Crippen LogP contribution in [0.1, 0.15) is 23.4 Å². The van der Waals surface area contributed by atoms with Crippen molar-refractivity contribution in [3.63, 3.8) is 0 Å². The van der Waals surface area contributed by atoms with Crippen molar-refractivity contribution in [2.75, 3.05) is 7.11 Å². The molecular formula is C25H21F3N6O2. The molecule has 0 aliphatic carbocycles. The maximum Gasteiger partial charge on any atom is 0.416 e. The van der Waals surface area contributed by atoms with Crippen LogP contribution in [0.3, 0.4) is 0 Å². The predicted molar refractivity (Wildman–Crippen MR) is 125 cm³/mol. The predicted octanol–water partition coefficient (Wildman–Crippen LogP) is 4.32. The standard InChI is InChI=1S/C25H21F3N6O2/c1-36-18-8-6-16(7-9-18)20-14-21-24-31-30-22(33(24)12-13-34(21)32-20)10-11-23(35)29-15-17-4-2-3-5-19(17)25(26,27)28/h2-9,12-14H,10-11,15H2,1H3,(H,29,35). The van der Waals surface area contributed by atoms with Gasteiger partial charge in [-0.25, -0.2) is 4.52 Å². The van der Waals surface area contributed by atoms with Crippen LogP contribution in [0.5, 0.6) is 5.75 Å². The Balaban J connectivity index is 1.29. The molecule has 0 bridgehead atoms. The summed E-state index contributed by atoms with van der Waals surface area (Å²) < 4.78 is 48.1. The number of nitrogens with one attached hydrogen (secondary N) is 1. The number of halogens is 3. The van der Waals surface area contributed by atoms with Gasteiger partial charge in [-0.2, -0.15) is 18.3 Å². The Hall–Kier alpha value is -4.41. The maximum absolute atomic E-state index is 13.2. The van der Waals surface area contributed by atoms with Gasteiger partial charge in [0.15, 0.2) is 5.65 Å². The fourth-order valence-electron chi connectivity index (χ4n) is 3.99. The second-order valence-electron chi connectivity index (χ2n) is 8.13. The molecule has 0 saturated heterocycles. The minimum atomic E-state index is -4.48. The molecule has 36 heavy (non-hydrogen) atoms. The van der Waals surface area contributed by atoms with Crippen LogP contribution < -0.4 is 10.1 Å². The number of ether oxygens (including phenoxy) is 1. The van der Waals surface area contributed by atoms with Crippen molar-refractivity contribution >= 4 is 17.1 Å². The SMILES string of the molecule is COc1ccc(-c2cc3c4nnc(CCC(=O)NCc5ccccc5C(F)(F)F)n4ccn3n2)cc1. The van der Waals surface area contributed by atoms with Crippen molar-refractivity contribution in [2.45, 2.75) is 25.6 Å². The monoisotopic (exact) mass is 494 g/mol. The first kappa shape index (κ1) is 23.3. The fraction of sp³-hybridized carbons (Fsp3) is 0.200. The van der Waals surface area contributed by atoms with Gasteiger partial charge in [-0.3, -0.25) is 9.20 Å². The van der Waals surface area contributed by atoms with E-state index >= 15 is 0 Å². The molecule has 5 aromatic rings. The number of hydrogen-bond donors (Lipinski definition) is 1. The van der Waals surface area contributed by atoms with Crippen LogP contribution in [-0.4, -0.2) is 37.2 Å². The Bertz CT molecular complexity index is 1540. The molecule has 0 aliphatic heterocycles. The zero-order valence-electron chi connectivity index (χ0n) is 19.2. The molecular weight excluding hydrogens is 473 g/mol. The van der Waals surface area contributed by atoms with E-state index in [0.717, 1.165) is 28.6 Å². The van der Waals surface area contributed by atoms with Crippen molar-refractivity contribution in [1.82, 2.24) is 29.5 Å². The van der Waals surface area contributed by atoms with E-state index in [0.29, 0.717) is 11.5 Å². The molecule has 1 amide bonds. The van der Waals surface area contributed by atoms with Gasteiger partial charge in [0.05, 0.1) is 18.4 Å². The van der Waals surface area contributed by atoms with E-state index in [1.807, 2.05) is 30.3 Å². The summed E-state index contributed by atoms with van der Waals surface area (Å²) in [5.41, 5.74) is 2.26. The van der Waals surface area contributed by atoms with E-state index in [1.54, 1.807) is 28.4 Å². The smallest absolute Gasteiger partial charge is 0.416 e. The number of aryl methyl sites for hydroxylation is 1. The molecule has 0 unspecified atom stereocenters. The molecule has 0 spiro atoms. The number of amides is 1. The summed E-state index contributed by atoms with van der Waals surface area (Å²) in [6.45, 7) is -0.209. The van der Waals surface area contributed by atoms with E-state index in [-0.39, 0.29) is 30.9 Å². The number of aromatic nitrogens is 5. The number of rotatable bonds is 7. The van der Waals surface area contributed by atoms with Crippen LogP contribution in [-0.2, 0) is 23.9 Å². The van der Waals surface area contributed by atoms with Crippen LogP contribution >= 0.6 is 0 Å². The molecule has 0 saturated carbocycles. The Morgan fingerprint density at radius 2 is 1.83 bits per heavy atom. The fourth-order valence-corrected chi connectivity index (χ4v) is 3.99. The summed E-state index contributed by atoms with van der Waals surface area (Å²) in [4.78, 5) is 12.4. The molecule has 1 N–H and O–H groups in total. The second-order valence-corrected chi connectivity index (χ2v) is 8.13. The number of carbonyl (C=O) groups excluding carboxylic acids is 1. The molecule has 0 fully saturated rings. The highest BCUT2D eigenvalue weighted by molar-refractivity contribution is 5.77. The number of nitrogens with zero attached hydrogens (tertiary/aromatic N) is 5. The molecule has 184 valence electrons. The number of alkyl halides is 3. The summed E-state index contributed by atoms with van der Waals surface area (Å²) in [7, 11) is 1.61. The second kappa shape index (κ2) is 9.33. The van der Waals surface area contributed by atoms with Gasteiger partial charge in [-0.15, -0.1) is 10.2 Å². The van der Waals surface area contributed by atoms with Crippen LogP contribution in [0.4, 0.5) is 13.2 Å². The van der Waals surface area contributed by atoms with Crippen molar-refractivity contribution in [2.24, 2.45) is 0 Å². The lowest BCUT2D eigenvalue weighted by atomic mass is 10.1. The molecule has 5 rings (SSSR count). The molecule has 2 aromatic carbocycles. The van der Waals surface area contributed by atoms with Gasteiger partial charge in [0, 0.05) is 37.3 Å². The Morgan fingerprint density at radius 1 is 1.06 bits per heavy atom. The lowest BCUT2D eigenvalue weighted by Gasteiger charge is -2.13. The minimum Gasteiger partial charge on any atom is -0.497 e. The number of methoxy groups -OCH3 is 1. The van der Waals surface area contributed by atoms with Crippen molar-refractivity contribution in [1.29, 1.82) is 0 Å². The third-order valence-electron chi connectivity index (χ3n) is 5.85. The van der Waals surface area contributed by atoms with E-state index in [4.69, 9.17) is 4.74 Å². The van der Waals surface area contributed by atoms with E-state index in [2.05, 4.69) is 20.6 Å². The van der Waals surface area contributed by atoms with Gasteiger partial charge in [0.2, 0.25) is 5.91 Å². The average molecular weight is 494 g/mol. The number of fused-ring (bicyclic) bond motifs is 3. The van der Waals surface area contributed by atoms with Gasteiger partial charge < -0.3 is 10.1 Å². The summed E-state index contributed by atoms with van der Waals surface area (Å²) in [6.07, 6.45) is -0.621. The molecule has 11 heteroatoms. The first-order valence-corrected chi connectivity index (χ1v) is 11.1. The molecule has 3 heterocycles. The van der Waals surface area contributed by atoms with Crippen molar-refractivity contribution in [3.05, 3.63) is 83.9 Å². The van der Waals surface area contributed by atoms with Crippen LogP contribution in [0.2, 0.25) is 0 Å². The topological polar surface area (TPSA) is 85.8 Å². The minimum absolute atomic E-state index is 0.0158. The maximum atomic E-state index is 13.2. The van der Waals surface area contributed by atoms with E-state index < -0.39 is 11.7 Å². The van der Waals surface area contributed by atoms with E-state index in [9.17, 15) is 18.0 Å². The van der Waals surface area contributed by atoms with Crippen LogP contribution in [0.25, 0.3) is 22.4 Å². The van der Waals surface area contributed by atoms with Gasteiger partial charge in [-0.1, -0.05) is 18.2 Å². The summed E-state index contributed by atoms with van der Waals surface area (Å²) >= 11 is 0. The van der Waals surface area contributed by atoms with Crippen LogP contribution in [0, 0.1) is 0 Å². The molecule has 0 radical (unpaired) electrons. The highest BCUT2D eigenvalue weighted by Gasteiger charge is 2.32. The van der Waals surface area contributed by atoms with Gasteiger partial charge in [-0.05, 0) is 42.0 Å². The average Bonchev–Trinajstić information content (AvgIpc) is 3.50. The van der Waals surface area contributed by atoms with Gasteiger partial charge in [0.1, 0.15) is 17.1 Å². The zero-order valence-corrected chi connectivity index (χ0v) is 19.2. The molecule has 3 aromatic heterocycles. The lowest BCUT2D eigenvalue weighted by molar-refractivity contribution is -0.138. The van der Waals surface area contributed by atoms with Crippen molar-refractivity contribution in [3.8, 4) is 17.0 Å². The Morgan fingerprint density at radius 3 is 2.58 bits per heavy atom. The van der Waals surface area contributed by atoms with Gasteiger partial charge >= 0.3 is 6.18 Å². The van der Waals surface area contributed by atoms with E-state index in [1.165, 1.54) is 18.2 Å². The lowest BCUT2D eigenvalue weighted by Crippen LogP contribution is -2.25. The summed E-state index contributed by atoms with van der Waals surface area (Å²) in [5.74, 6) is 0.932. The highest BCUT2D eigenvalue weighted by Crippen LogP contribution is 2.31. The third kappa shape index (κ3) is 4.59. The Kier molecular flexibility index (Phi) is 6.05. The number of benzene rings is 2. The summed E-state index contributed by atoms with van der Waals surface area (Å²) in [6, 6.07) is 14.6. The zero-order chi connectivity index (χ0) is 25.3. The first-order chi connectivity index (χ1) is 17.3. The normalized spacial score (nSPS) is 11.8. The Labute approximate surface area is 203 Å². The number of carbonyl (C=O) groups is 1. The highest BCUT2D eigenvalue weighted by atomic mass is 19.4. The first-order valence-electron chi connectivity index (χ1n) is 11.1. The van der Waals surface area contributed by atoms with Crippen molar-refractivity contribution < 1.29 is 22.7 Å². The largest absolute Gasteiger partial charge is 0.497 e. The molecule has 0 aliphatic rings.